The fraction of sp³-hybridized carbons (Fsp3) is 0.250. The van der Waals surface area contributed by atoms with Crippen molar-refractivity contribution >= 4 is 33.2 Å². The molecule has 31 heavy (non-hydrogen) atoms. The van der Waals surface area contributed by atoms with Crippen LogP contribution in [-0.2, 0) is 20.9 Å². The molecule has 7 heteroatoms. The molecule has 2 atom stereocenters. The van der Waals surface area contributed by atoms with E-state index in [1.807, 2.05) is 62.4 Å². The van der Waals surface area contributed by atoms with Gasteiger partial charge < -0.3 is 5.11 Å². The van der Waals surface area contributed by atoms with Crippen molar-refractivity contribution in [1.82, 2.24) is 4.72 Å². The summed E-state index contributed by atoms with van der Waals surface area (Å²) in [5.41, 5.74) is 2.57. The summed E-state index contributed by atoms with van der Waals surface area (Å²) in [5, 5.41) is 12.0. The number of halogens is 2. The molecule has 3 aromatic rings. The molecule has 0 saturated heterocycles. The van der Waals surface area contributed by atoms with Crippen LogP contribution in [0.25, 0.3) is 0 Å². The Kier molecular flexibility index (Phi) is 4.60. The van der Waals surface area contributed by atoms with Crippen LogP contribution >= 0.6 is 23.2 Å². The van der Waals surface area contributed by atoms with Gasteiger partial charge in [-0.1, -0.05) is 71.7 Å². The first kappa shape index (κ1) is 21.0. The van der Waals surface area contributed by atoms with Crippen LogP contribution in [0.4, 0.5) is 0 Å². The molecule has 0 spiro atoms. The Bertz CT molecular complexity index is 1270. The summed E-state index contributed by atoms with van der Waals surface area (Å²) >= 11 is 12.0. The molecule has 0 amide bonds. The summed E-state index contributed by atoms with van der Waals surface area (Å²) in [6, 6.07) is 19.3. The van der Waals surface area contributed by atoms with Crippen molar-refractivity contribution in [2.24, 2.45) is 0 Å². The molecule has 0 saturated carbocycles. The minimum Gasteiger partial charge on any atom is -0.390 e. The monoisotopic (exact) mass is 473 g/mol. The number of sulfonamides is 1. The van der Waals surface area contributed by atoms with Gasteiger partial charge in [-0.2, -0.15) is 0 Å². The maximum absolute atomic E-state index is 13.3. The van der Waals surface area contributed by atoms with Gasteiger partial charge >= 0.3 is 0 Å². The molecule has 2 unspecified atom stereocenters. The van der Waals surface area contributed by atoms with E-state index in [1.165, 1.54) is 18.2 Å². The number of benzene rings is 3. The molecular weight excluding hydrogens is 453 g/mol. The second kappa shape index (κ2) is 6.80. The van der Waals surface area contributed by atoms with E-state index in [4.69, 9.17) is 23.2 Å². The van der Waals surface area contributed by atoms with Gasteiger partial charge in [0.2, 0.25) is 10.0 Å². The minimum absolute atomic E-state index is 0.00544. The van der Waals surface area contributed by atoms with Crippen molar-refractivity contribution < 1.29 is 13.5 Å². The van der Waals surface area contributed by atoms with E-state index in [0.29, 0.717) is 0 Å². The van der Waals surface area contributed by atoms with Gasteiger partial charge in [0.1, 0.15) is 0 Å². The van der Waals surface area contributed by atoms with Crippen LogP contribution in [0.2, 0.25) is 10.0 Å². The Morgan fingerprint density at radius 3 is 1.77 bits per heavy atom. The lowest BCUT2D eigenvalue weighted by molar-refractivity contribution is 0.0302. The van der Waals surface area contributed by atoms with Crippen LogP contribution in [0.5, 0.6) is 0 Å². The van der Waals surface area contributed by atoms with E-state index in [2.05, 4.69) is 4.72 Å². The van der Waals surface area contributed by atoms with Crippen molar-refractivity contribution in [2.45, 2.75) is 41.7 Å². The van der Waals surface area contributed by atoms with Crippen LogP contribution in [0.15, 0.2) is 71.6 Å². The summed E-state index contributed by atoms with van der Waals surface area (Å²) in [5.74, 6) is 0. The van der Waals surface area contributed by atoms with Gasteiger partial charge in [0.05, 0.1) is 27.1 Å². The molecule has 0 aliphatic heterocycles. The van der Waals surface area contributed by atoms with E-state index < -0.39 is 33.0 Å². The third-order valence-electron chi connectivity index (χ3n) is 7.10. The molecule has 3 aromatic carbocycles. The summed E-state index contributed by atoms with van der Waals surface area (Å²) in [4.78, 5) is 0.00544. The quantitative estimate of drug-likeness (QED) is 0.581. The first-order valence-corrected chi connectivity index (χ1v) is 12.2. The SMILES string of the molecule is CC12c3ccccc3C(C)(c3ccccc31)C(NS(=O)(=O)c1ccc(Cl)c(Cl)c1)C2O. The molecule has 0 aromatic heterocycles. The summed E-state index contributed by atoms with van der Waals surface area (Å²) < 4.78 is 29.5. The lowest BCUT2D eigenvalue weighted by Crippen LogP contribution is -2.69. The second-order valence-electron chi connectivity index (χ2n) is 8.62. The fourth-order valence-electron chi connectivity index (χ4n) is 5.43. The molecule has 0 heterocycles. The Labute approximate surface area is 191 Å². The van der Waals surface area contributed by atoms with E-state index in [0.717, 1.165) is 22.3 Å². The number of nitrogens with one attached hydrogen (secondary N) is 1. The smallest absolute Gasteiger partial charge is 0.241 e. The molecule has 2 N–H and O–H groups in total. The summed E-state index contributed by atoms with van der Waals surface area (Å²) in [7, 11) is -3.98. The zero-order chi connectivity index (χ0) is 22.2. The molecule has 4 nitrogen and oxygen atoms in total. The highest BCUT2D eigenvalue weighted by molar-refractivity contribution is 7.89. The van der Waals surface area contributed by atoms with Crippen molar-refractivity contribution in [2.75, 3.05) is 0 Å². The first-order chi connectivity index (χ1) is 14.6. The molecule has 3 aliphatic carbocycles. The standard InChI is InChI=1S/C24H21Cl2NO3S/c1-23-15-7-3-5-9-17(15)24(2,18-10-6-4-8-16(18)23)22(28)21(23)27-31(29,30)14-11-12-19(25)20(26)13-14/h3-13,21-22,27-28H,1-2H3. The minimum atomic E-state index is -3.98. The van der Waals surface area contributed by atoms with Crippen molar-refractivity contribution in [1.29, 1.82) is 0 Å². The van der Waals surface area contributed by atoms with Crippen LogP contribution in [0.3, 0.4) is 0 Å². The molecule has 0 fully saturated rings. The Hall–Kier alpha value is -1.89. The number of fused-ring (bicyclic) bond motifs is 1. The highest BCUT2D eigenvalue weighted by atomic mass is 35.5. The molecule has 160 valence electrons. The molecular formula is C24H21Cl2NO3S. The zero-order valence-electron chi connectivity index (χ0n) is 16.9. The average Bonchev–Trinajstić information content (AvgIpc) is 2.76. The van der Waals surface area contributed by atoms with Crippen LogP contribution < -0.4 is 4.72 Å². The first-order valence-electron chi connectivity index (χ1n) is 9.97. The number of aliphatic hydroxyl groups excluding tert-OH is 1. The van der Waals surface area contributed by atoms with Gasteiger partial charge in [-0.15, -0.1) is 0 Å². The van der Waals surface area contributed by atoms with Gasteiger partial charge in [0.25, 0.3) is 0 Å². The van der Waals surface area contributed by atoms with E-state index in [1.54, 1.807) is 0 Å². The lowest BCUT2D eigenvalue weighted by atomic mass is 9.47. The Balaban J connectivity index is 1.71. The second-order valence-corrected chi connectivity index (χ2v) is 11.1. The maximum atomic E-state index is 13.3. The van der Waals surface area contributed by atoms with Crippen molar-refractivity contribution in [3.8, 4) is 0 Å². The van der Waals surface area contributed by atoms with Gasteiger partial charge in [-0.05, 0) is 54.3 Å². The molecule has 3 aliphatic rings. The van der Waals surface area contributed by atoms with E-state index >= 15 is 0 Å². The fourth-order valence-corrected chi connectivity index (χ4v) is 7.15. The predicted octanol–water partition coefficient (Wildman–Crippen LogP) is 4.64. The molecule has 6 rings (SSSR count). The van der Waals surface area contributed by atoms with Crippen LogP contribution in [0, 0.1) is 0 Å². The number of hydrogen-bond donors (Lipinski definition) is 2. The average molecular weight is 474 g/mol. The summed E-state index contributed by atoms with van der Waals surface area (Å²) in [6.07, 6.45) is -0.972. The Morgan fingerprint density at radius 1 is 0.806 bits per heavy atom. The van der Waals surface area contributed by atoms with Crippen molar-refractivity contribution in [3.63, 3.8) is 0 Å². The zero-order valence-corrected chi connectivity index (χ0v) is 19.3. The van der Waals surface area contributed by atoms with Crippen LogP contribution in [-0.4, -0.2) is 25.7 Å². The molecule has 0 radical (unpaired) electrons. The third-order valence-corrected chi connectivity index (χ3v) is 9.28. The molecule has 2 bridgehead atoms. The predicted molar refractivity (Wildman–Crippen MR) is 122 cm³/mol. The van der Waals surface area contributed by atoms with Gasteiger partial charge in [-0.25, -0.2) is 13.1 Å². The number of hydrogen-bond acceptors (Lipinski definition) is 3. The number of rotatable bonds is 3. The van der Waals surface area contributed by atoms with Gasteiger partial charge in [0.15, 0.2) is 0 Å². The highest BCUT2D eigenvalue weighted by Crippen LogP contribution is 2.59. The maximum Gasteiger partial charge on any atom is 0.241 e. The van der Waals surface area contributed by atoms with Gasteiger partial charge in [0, 0.05) is 10.8 Å². The van der Waals surface area contributed by atoms with Gasteiger partial charge in [-0.3, -0.25) is 0 Å². The highest BCUT2D eigenvalue weighted by Gasteiger charge is 2.62. The number of aliphatic hydroxyl groups is 1. The van der Waals surface area contributed by atoms with E-state index in [9.17, 15) is 13.5 Å². The Morgan fingerprint density at radius 2 is 1.29 bits per heavy atom. The van der Waals surface area contributed by atoms with Crippen LogP contribution in [0.1, 0.15) is 36.1 Å². The lowest BCUT2D eigenvalue weighted by Gasteiger charge is -2.59. The van der Waals surface area contributed by atoms with Crippen molar-refractivity contribution in [3.05, 3.63) is 99.0 Å². The normalized spacial score (nSPS) is 28.8. The topological polar surface area (TPSA) is 66.4 Å². The summed E-state index contributed by atoms with van der Waals surface area (Å²) in [6.45, 7) is 3.98. The largest absolute Gasteiger partial charge is 0.390 e. The third kappa shape index (κ3) is 2.71. The van der Waals surface area contributed by atoms with E-state index in [-0.39, 0.29) is 14.9 Å².